The van der Waals surface area contributed by atoms with Crippen molar-refractivity contribution in [3.8, 4) is 16.9 Å². The van der Waals surface area contributed by atoms with E-state index in [1.54, 1.807) is 51.1 Å². The highest BCUT2D eigenvalue weighted by molar-refractivity contribution is 6.32. The summed E-state index contributed by atoms with van der Waals surface area (Å²) in [6, 6.07) is 12.3. The van der Waals surface area contributed by atoms with Crippen molar-refractivity contribution in [1.82, 2.24) is 0 Å². The normalized spacial score (nSPS) is 11.1. The largest absolute Gasteiger partial charge is 0.506 e. The number of rotatable bonds is 2. The molecule has 2 N–H and O–H groups in total. The van der Waals surface area contributed by atoms with Crippen LogP contribution in [-0.4, -0.2) is 16.8 Å². The van der Waals surface area contributed by atoms with Gasteiger partial charge in [-0.3, -0.25) is 5.32 Å². The lowest BCUT2D eigenvalue weighted by molar-refractivity contribution is 0.0636. The molecule has 2 aromatic rings. The van der Waals surface area contributed by atoms with Gasteiger partial charge < -0.3 is 9.84 Å². The van der Waals surface area contributed by atoms with Gasteiger partial charge in [-0.25, -0.2) is 4.79 Å². The summed E-state index contributed by atoms with van der Waals surface area (Å²) in [5, 5.41) is 12.7. The lowest BCUT2D eigenvalue weighted by atomic mass is 10.0. The van der Waals surface area contributed by atoms with Gasteiger partial charge in [-0.2, -0.15) is 0 Å². The summed E-state index contributed by atoms with van der Waals surface area (Å²) in [4.78, 5) is 11.8. The Kier molecular flexibility index (Phi) is 4.62. The van der Waals surface area contributed by atoms with Gasteiger partial charge in [0.25, 0.3) is 0 Å². The molecule has 0 bridgehead atoms. The molecule has 0 unspecified atom stereocenters. The number of anilines is 1. The van der Waals surface area contributed by atoms with Gasteiger partial charge in [0, 0.05) is 5.69 Å². The Labute approximate surface area is 134 Å². The van der Waals surface area contributed by atoms with E-state index in [4.69, 9.17) is 16.3 Å². The number of carbonyl (C=O) groups is 1. The molecule has 2 rings (SSSR count). The zero-order valence-corrected chi connectivity index (χ0v) is 13.4. The molecule has 0 aliphatic rings. The zero-order valence-electron chi connectivity index (χ0n) is 12.7. The predicted molar refractivity (Wildman–Crippen MR) is 88.4 cm³/mol. The van der Waals surface area contributed by atoms with Crippen LogP contribution in [0.4, 0.5) is 10.5 Å². The SMILES string of the molecule is CC(C)(C)OC(=O)Nc1cccc(-c2ccc(Cl)c(O)c2)c1. The number of amides is 1. The van der Waals surface area contributed by atoms with E-state index in [9.17, 15) is 9.90 Å². The number of ether oxygens (including phenoxy) is 1. The molecule has 0 atom stereocenters. The van der Waals surface area contributed by atoms with Crippen LogP contribution in [0.15, 0.2) is 42.5 Å². The Morgan fingerprint density at radius 3 is 2.45 bits per heavy atom. The summed E-state index contributed by atoms with van der Waals surface area (Å²) in [5.41, 5.74) is 1.71. The first-order valence-electron chi connectivity index (χ1n) is 6.83. The van der Waals surface area contributed by atoms with Crippen molar-refractivity contribution in [2.45, 2.75) is 26.4 Å². The van der Waals surface area contributed by atoms with Gasteiger partial charge >= 0.3 is 6.09 Å². The van der Waals surface area contributed by atoms with Crippen LogP contribution in [0.2, 0.25) is 5.02 Å². The van der Waals surface area contributed by atoms with Crippen LogP contribution < -0.4 is 5.32 Å². The number of nitrogens with one attached hydrogen (secondary N) is 1. The molecule has 0 saturated carbocycles. The molecule has 0 fully saturated rings. The average Bonchev–Trinajstić information content (AvgIpc) is 2.40. The number of carbonyl (C=O) groups excluding carboxylic acids is 1. The Morgan fingerprint density at radius 2 is 1.82 bits per heavy atom. The van der Waals surface area contributed by atoms with Crippen LogP contribution in [0.5, 0.6) is 5.75 Å². The summed E-state index contributed by atoms with van der Waals surface area (Å²) in [6.07, 6.45) is -0.511. The minimum atomic E-state index is -0.552. The van der Waals surface area contributed by atoms with Gasteiger partial charge in [0.1, 0.15) is 11.4 Å². The quantitative estimate of drug-likeness (QED) is 0.813. The van der Waals surface area contributed by atoms with Crippen molar-refractivity contribution in [2.75, 3.05) is 5.32 Å². The van der Waals surface area contributed by atoms with Crippen molar-refractivity contribution >= 4 is 23.4 Å². The van der Waals surface area contributed by atoms with E-state index < -0.39 is 11.7 Å². The first-order valence-corrected chi connectivity index (χ1v) is 7.21. The highest BCUT2D eigenvalue weighted by Gasteiger charge is 2.16. The molecule has 2 aromatic carbocycles. The second-order valence-electron chi connectivity index (χ2n) is 5.87. The first kappa shape index (κ1) is 16.2. The van der Waals surface area contributed by atoms with Crippen molar-refractivity contribution in [2.24, 2.45) is 0 Å². The zero-order chi connectivity index (χ0) is 16.3. The molecule has 4 nitrogen and oxygen atoms in total. The van der Waals surface area contributed by atoms with Crippen molar-refractivity contribution in [3.63, 3.8) is 0 Å². The van der Waals surface area contributed by atoms with E-state index in [0.717, 1.165) is 11.1 Å². The average molecular weight is 320 g/mol. The van der Waals surface area contributed by atoms with Gasteiger partial charge in [-0.05, 0) is 56.2 Å². The van der Waals surface area contributed by atoms with Gasteiger partial charge in [-0.1, -0.05) is 29.8 Å². The molecular weight excluding hydrogens is 302 g/mol. The molecule has 1 amide bonds. The number of halogens is 1. The van der Waals surface area contributed by atoms with Crippen LogP contribution in [0, 0.1) is 0 Å². The third-order valence-corrected chi connectivity index (χ3v) is 3.11. The maximum Gasteiger partial charge on any atom is 0.412 e. The number of benzene rings is 2. The number of phenols is 1. The number of hydrogen-bond donors (Lipinski definition) is 2. The summed E-state index contributed by atoms with van der Waals surface area (Å²) in [7, 11) is 0. The van der Waals surface area contributed by atoms with Gasteiger partial charge in [0.2, 0.25) is 0 Å². The topological polar surface area (TPSA) is 58.6 Å². The lowest BCUT2D eigenvalue weighted by Gasteiger charge is -2.19. The number of hydrogen-bond acceptors (Lipinski definition) is 3. The second kappa shape index (κ2) is 6.28. The Morgan fingerprint density at radius 1 is 1.14 bits per heavy atom. The summed E-state index contributed by atoms with van der Waals surface area (Å²) < 4.78 is 5.21. The summed E-state index contributed by atoms with van der Waals surface area (Å²) in [6.45, 7) is 5.42. The number of phenolic OH excluding ortho intramolecular Hbond substituents is 1. The fourth-order valence-corrected chi connectivity index (χ4v) is 2.01. The molecule has 22 heavy (non-hydrogen) atoms. The monoisotopic (exact) mass is 319 g/mol. The Bertz CT molecular complexity index is 693. The summed E-state index contributed by atoms with van der Waals surface area (Å²) in [5.74, 6) is 0.0182. The van der Waals surface area contributed by atoms with Crippen molar-refractivity contribution < 1.29 is 14.6 Å². The molecular formula is C17H18ClNO3. The maximum absolute atomic E-state index is 11.8. The van der Waals surface area contributed by atoms with E-state index in [1.807, 2.05) is 12.1 Å². The predicted octanol–water partition coefficient (Wildman–Crippen LogP) is 5.06. The molecule has 0 aliphatic heterocycles. The van der Waals surface area contributed by atoms with E-state index in [0.29, 0.717) is 10.7 Å². The fourth-order valence-electron chi connectivity index (χ4n) is 1.89. The molecule has 0 spiro atoms. The highest BCUT2D eigenvalue weighted by atomic mass is 35.5. The Balaban J connectivity index is 2.19. The first-order chi connectivity index (χ1) is 10.2. The van der Waals surface area contributed by atoms with E-state index >= 15 is 0 Å². The molecule has 0 heterocycles. The standard InChI is InChI=1S/C17H18ClNO3/c1-17(2,3)22-16(21)19-13-6-4-5-11(9-13)12-7-8-14(18)15(20)10-12/h4-10,20H,1-3H3,(H,19,21). The van der Waals surface area contributed by atoms with Crippen LogP contribution in [0.1, 0.15) is 20.8 Å². The third kappa shape index (κ3) is 4.40. The molecule has 0 radical (unpaired) electrons. The van der Waals surface area contributed by atoms with Crippen LogP contribution in [0.3, 0.4) is 0 Å². The van der Waals surface area contributed by atoms with Crippen LogP contribution in [-0.2, 0) is 4.74 Å². The Hall–Kier alpha value is -2.20. The van der Waals surface area contributed by atoms with Gasteiger partial charge in [-0.15, -0.1) is 0 Å². The molecule has 0 aliphatic carbocycles. The molecule has 116 valence electrons. The molecule has 5 heteroatoms. The number of aromatic hydroxyl groups is 1. The molecule has 0 aromatic heterocycles. The summed E-state index contributed by atoms with van der Waals surface area (Å²) >= 11 is 5.81. The van der Waals surface area contributed by atoms with E-state index in [1.165, 1.54) is 0 Å². The lowest BCUT2D eigenvalue weighted by Crippen LogP contribution is -2.27. The minimum Gasteiger partial charge on any atom is -0.506 e. The van der Waals surface area contributed by atoms with Crippen molar-refractivity contribution in [1.29, 1.82) is 0 Å². The van der Waals surface area contributed by atoms with Gasteiger partial charge in [0.05, 0.1) is 5.02 Å². The second-order valence-corrected chi connectivity index (χ2v) is 6.28. The van der Waals surface area contributed by atoms with Crippen LogP contribution >= 0.6 is 11.6 Å². The van der Waals surface area contributed by atoms with Crippen LogP contribution in [0.25, 0.3) is 11.1 Å². The highest BCUT2D eigenvalue weighted by Crippen LogP contribution is 2.30. The minimum absolute atomic E-state index is 0.0182. The van der Waals surface area contributed by atoms with E-state index in [-0.39, 0.29) is 5.75 Å². The maximum atomic E-state index is 11.8. The third-order valence-electron chi connectivity index (χ3n) is 2.79. The molecule has 0 saturated heterocycles. The smallest absolute Gasteiger partial charge is 0.412 e. The fraction of sp³-hybridized carbons (Fsp3) is 0.235. The van der Waals surface area contributed by atoms with Crippen molar-refractivity contribution in [3.05, 3.63) is 47.5 Å². The van der Waals surface area contributed by atoms with Gasteiger partial charge in [0.15, 0.2) is 0 Å². The van der Waals surface area contributed by atoms with E-state index in [2.05, 4.69) is 5.32 Å².